The summed E-state index contributed by atoms with van der Waals surface area (Å²) in [7, 11) is 5.19. The van der Waals surface area contributed by atoms with E-state index in [2.05, 4.69) is 26.1 Å². The van der Waals surface area contributed by atoms with Gasteiger partial charge in [0.1, 0.15) is 0 Å². The summed E-state index contributed by atoms with van der Waals surface area (Å²) in [5.74, 6) is 0.525. The Kier molecular flexibility index (Phi) is 5.37. The Hall–Kier alpha value is -1.83. The van der Waals surface area contributed by atoms with E-state index in [1.165, 1.54) is 4.90 Å². The van der Waals surface area contributed by atoms with E-state index in [0.717, 1.165) is 0 Å². The number of hydrogen-bond acceptors (Lipinski definition) is 6. The third-order valence-corrected chi connectivity index (χ3v) is 2.33. The molecule has 3 N–H and O–H groups in total. The molecule has 0 bridgehead atoms. The summed E-state index contributed by atoms with van der Waals surface area (Å²) >= 11 is 0. The summed E-state index contributed by atoms with van der Waals surface area (Å²) in [6.45, 7) is 2.93. The summed E-state index contributed by atoms with van der Waals surface area (Å²) in [6.07, 6.45) is 0. The van der Waals surface area contributed by atoms with Gasteiger partial charge in [0.15, 0.2) is 0 Å². The second-order valence-corrected chi connectivity index (χ2v) is 4.01. The number of hydrogen-bond donors (Lipinski definition) is 3. The molecule has 1 unspecified atom stereocenters. The smallest absolute Gasteiger partial charge is 0.316 e. The van der Waals surface area contributed by atoms with Gasteiger partial charge in [-0.25, -0.2) is 4.79 Å². The zero-order chi connectivity index (χ0) is 13.5. The molecular weight excluding hydrogens is 236 g/mol. The predicted octanol–water partition coefficient (Wildman–Crippen LogP) is 0.0331. The Labute approximate surface area is 106 Å². The third-order valence-electron chi connectivity index (χ3n) is 2.33. The average molecular weight is 256 g/mol. The molecule has 0 fully saturated rings. The van der Waals surface area contributed by atoms with Crippen LogP contribution in [0.25, 0.3) is 0 Å². The quantitative estimate of drug-likeness (QED) is 0.622. The summed E-state index contributed by atoms with van der Waals surface area (Å²) < 4.78 is 5.37. The van der Waals surface area contributed by atoms with Crippen molar-refractivity contribution < 1.29 is 9.21 Å². The minimum atomic E-state index is -0.133. The number of carbonyl (C=O) groups is 1. The van der Waals surface area contributed by atoms with Crippen LogP contribution in [-0.4, -0.2) is 55.4 Å². The number of nitrogens with zero attached hydrogens (tertiary/aromatic N) is 3. The number of carbonyl (C=O) groups excluding carboxylic acids is 1. The Morgan fingerprint density at radius 2 is 2.11 bits per heavy atom. The number of urea groups is 1. The zero-order valence-corrected chi connectivity index (χ0v) is 11.1. The van der Waals surface area contributed by atoms with E-state index in [1.54, 1.807) is 14.1 Å². The van der Waals surface area contributed by atoms with Crippen molar-refractivity contribution in [2.75, 3.05) is 39.5 Å². The molecule has 0 radical (unpaired) electrons. The lowest BCUT2D eigenvalue weighted by atomic mass is 10.3. The Bertz CT molecular complexity index is 378. The van der Waals surface area contributed by atoms with Crippen molar-refractivity contribution in [2.24, 2.45) is 0 Å². The van der Waals surface area contributed by atoms with Gasteiger partial charge in [0, 0.05) is 27.2 Å². The van der Waals surface area contributed by atoms with Crippen molar-refractivity contribution >= 4 is 12.0 Å². The molecule has 1 heterocycles. The van der Waals surface area contributed by atoms with Crippen LogP contribution in [-0.2, 0) is 0 Å². The molecule has 8 nitrogen and oxygen atoms in total. The van der Waals surface area contributed by atoms with Gasteiger partial charge < -0.3 is 25.3 Å². The second kappa shape index (κ2) is 6.80. The highest BCUT2D eigenvalue weighted by Crippen LogP contribution is 2.12. The van der Waals surface area contributed by atoms with Crippen molar-refractivity contribution in [1.29, 1.82) is 0 Å². The van der Waals surface area contributed by atoms with Gasteiger partial charge in [-0.1, -0.05) is 5.10 Å². The van der Waals surface area contributed by atoms with Crippen LogP contribution in [0.15, 0.2) is 4.42 Å². The largest absolute Gasteiger partial charge is 0.406 e. The maximum Gasteiger partial charge on any atom is 0.316 e. The fourth-order valence-electron chi connectivity index (χ4n) is 1.10. The van der Waals surface area contributed by atoms with Crippen LogP contribution in [0.1, 0.15) is 18.9 Å². The first kappa shape index (κ1) is 14.2. The average Bonchev–Trinajstić information content (AvgIpc) is 2.81. The molecule has 2 amide bonds. The van der Waals surface area contributed by atoms with Crippen molar-refractivity contribution in [1.82, 2.24) is 25.7 Å². The van der Waals surface area contributed by atoms with E-state index in [-0.39, 0.29) is 12.1 Å². The van der Waals surface area contributed by atoms with Gasteiger partial charge in [-0.3, -0.25) is 0 Å². The first-order chi connectivity index (χ1) is 8.54. The molecule has 1 rings (SSSR count). The van der Waals surface area contributed by atoms with E-state index in [4.69, 9.17) is 4.42 Å². The SMILES string of the molecule is CNC(C)c1nnc(NCCNC(=O)N(C)C)o1. The van der Waals surface area contributed by atoms with E-state index in [9.17, 15) is 4.79 Å². The normalized spacial score (nSPS) is 12.0. The zero-order valence-electron chi connectivity index (χ0n) is 11.1. The van der Waals surface area contributed by atoms with Crippen LogP contribution in [0.5, 0.6) is 0 Å². The molecule has 0 aliphatic carbocycles. The summed E-state index contributed by atoms with van der Waals surface area (Å²) in [6, 6.07) is 0.236. The van der Waals surface area contributed by atoms with Crippen LogP contribution in [0.3, 0.4) is 0 Å². The fraction of sp³-hybridized carbons (Fsp3) is 0.700. The van der Waals surface area contributed by atoms with E-state index >= 15 is 0 Å². The Morgan fingerprint density at radius 1 is 1.39 bits per heavy atom. The number of amides is 2. The molecule has 0 aliphatic heterocycles. The van der Waals surface area contributed by atoms with Gasteiger partial charge in [0.25, 0.3) is 0 Å². The van der Waals surface area contributed by atoms with Crippen molar-refractivity contribution in [3.05, 3.63) is 5.89 Å². The first-order valence-corrected chi connectivity index (χ1v) is 5.74. The maximum absolute atomic E-state index is 11.2. The molecular formula is C10H20N6O2. The standard InChI is InChI=1S/C10H20N6O2/c1-7(11-2)8-14-15-9(18-8)12-5-6-13-10(17)16(3)4/h7,11H,5-6H2,1-4H3,(H,12,15)(H,13,17). The molecule has 0 saturated carbocycles. The van der Waals surface area contributed by atoms with Gasteiger partial charge in [-0.05, 0) is 14.0 Å². The highest BCUT2D eigenvalue weighted by molar-refractivity contribution is 5.73. The van der Waals surface area contributed by atoms with Crippen LogP contribution >= 0.6 is 0 Å². The third kappa shape index (κ3) is 4.21. The van der Waals surface area contributed by atoms with Gasteiger partial charge in [-0.2, -0.15) is 0 Å². The molecule has 0 saturated heterocycles. The van der Waals surface area contributed by atoms with Crippen molar-refractivity contribution in [3.63, 3.8) is 0 Å². The summed E-state index contributed by atoms with van der Waals surface area (Å²) in [5, 5.41) is 16.4. The number of aromatic nitrogens is 2. The molecule has 18 heavy (non-hydrogen) atoms. The van der Waals surface area contributed by atoms with Gasteiger partial charge >= 0.3 is 12.0 Å². The van der Waals surface area contributed by atoms with E-state index in [1.807, 2.05) is 14.0 Å². The van der Waals surface area contributed by atoms with Crippen molar-refractivity contribution in [3.8, 4) is 0 Å². The fourth-order valence-corrected chi connectivity index (χ4v) is 1.10. The predicted molar refractivity (Wildman–Crippen MR) is 67.3 cm³/mol. The van der Waals surface area contributed by atoms with Gasteiger partial charge in [0.2, 0.25) is 5.89 Å². The lowest BCUT2D eigenvalue weighted by Crippen LogP contribution is -2.37. The van der Waals surface area contributed by atoms with Crippen molar-refractivity contribution in [2.45, 2.75) is 13.0 Å². The number of anilines is 1. The number of nitrogens with one attached hydrogen (secondary N) is 3. The van der Waals surface area contributed by atoms with Gasteiger partial charge in [-0.15, -0.1) is 5.10 Å². The molecule has 1 aromatic rings. The minimum Gasteiger partial charge on any atom is -0.406 e. The molecule has 0 spiro atoms. The molecule has 0 aliphatic rings. The molecule has 1 atom stereocenters. The Morgan fingerprint density at radius 3 is 2.72 bits per heavy atom. The molecule has 1 aromatic heterocycles. The lowest BCUT2D eigenvalue weighted by Gasteiger charge is -2.11. The second-order valence-electron chi connectivity index (χ2n) is 4.01. The van der Waals surface area contributed by atoms with Crippen LogP contribution in [0, 0.1) is 0 Å². The molecule has 102 valence electrons. The van der Waals surface area contributed by atoms with Crippen LogP contribution < -0.4 is 16.0 Å². The first-order valence-electron chi connectivity index (χ1n) is 5.74. The van der Waals surface area contributed by atoms with Crippen LogP contribution in [0.2, 0.25) is 0 Å². The monoisotopic (exact) mass is 256 g/mol. The van der Waals surface area contributed by atoms with E-state index in [0.29, 0.717) is 25.0 Å². The Balaban J connectivity index is 2.27. The maximum atomic E-state index is 11.2. The topological polar surface area (TPSA) is 95.3 Å². The highest BCUT2D eigenvalue weighted by atomic mass is 16.4. The molecule has 0 aromatic carbocycles. The minimum absolute atomic E-state index is 0.0153. The number of rotatable bonds is 6. The highest BCUT2D eigenvalue weighted by Gasteiger charge is 2.11. The lowest BCUT2D eigenvalue weighted by molar-refractivity contribution is 0.218. The van der Waals surface area contributed by atoms with E-state index < -0.39 is 0 Å². The summed E-state index contributed by atoms with van der Waals surface area (Å²) in [5.41, 5.74) is 0. The summed E-state index contributed by atoms with van der Waals surface area (Å²) in [4.78, 5) is 12.7. The molecule has 8 heteroatoms. The van der Waals surface area contributed by atoms with Gasteiger partial charge in [0.05, 0.1) is 6.04 Å². The van der Waals surface area contributed by atoms with Crippen LogP contribution in [0.4, 0.5) is 10.8 Å².